The molecule has 1 aromatic carbocycles. The van der Waals surface area contributed by atoms with Crippen LogP contribution < -0.4 is 5.56 Å². The van der Waals surface area contributed by atoms with Gasteiger partial charge in [0.2, 0.25) is 0 Å². The number of aryl methyl sites for hydroxylation is 1. The molecule has 0 N–H and O–H groups in total. The zero-order chi connectivity index (χ0) is 18.2. The molecule has 0 saturated carbocycles. The van der Waals surface area contributed by atoms with Crippen LogP contribution >= 0.6 is 11.3 Å². The molecule has 6 heteroatoms. The third-order valence-electron chi connectivity index (χ3n) is 3.59. The average Bonchev–Trinajstić information content (AvgIpc) is 2.93. The number of hydrogen-bond donors (Lipinski definition) is 0. The summed E-state index contributed by atoms with van der Waals surface area (Å²) in [6.07, 6.45) is 1.42. The molecule has 2 heterocycles. The largest absolute Gasteiger partial charge is 0.459 e. The van der Waals surface area contributed by atoms with Gasteiger partial charge in [-0.05, 0) is 33.3 Å². The molecule has 0 spiro atoms. The summed E-state index contributed by atoms with van der Waals surface area (Å²) in [5.74, 6) is -0.453. The summed E-state index contributed by atoms with van der Waals surface area (Å²) in [4.78, 5) is 29.1. The highest BCUT2D eigenvalue weighted by molar-refractivity contribution is 7.17. The van der Waals surface area contributed by atoms with Gasteiger partial charge in [0, 0.05) is 10.9 Å². The maximum Gasteiger partial charge on any atom is 0.326 e. The number of esters is 1. The van der Waals surface area contributed by atoms with Crippen molar-refractivity contribution in [3.8, 4) is 11.1 Å². The maximum atomic E-state index is 12.7. The van der Waals surface area contributed by atoms with E-state index in [0.717, 1.165) is 16.7 Å². The van der Waals surface area contributed by atoms with Gasteiger partial charge < -0.3 is 4.74 Å². The van der Waals surface area contributed by atoms with Crippen LogP contribution in [0.1, 0.15) is 26.3 Å². The van der Waals surface area contributed by atoms with E-state index in [-0.39, 0.29) is 12.1 Å². The zero-order valence-electron chi connectivity index (χ0n) is 14.7. The van der Waals surface area contributed by atoms with Crippen LogP contribution in [0, 0.1) is 6.92 Å². The fourth-order valence-corrected chi connectivity index (χ4v) is 3.56. The summed E-state index contributed by atoms with van der Waals surface area (Å²) in [5, 5.41) is 1.94. The van der Waals surface area contributed by atoms with E-state index in [0.29, 0.717) is 10.2 Å². The Morgan fingerprint density at radius 2 is 2.08 bits per heavy atom. The lowest BCUT2D eigenvalue weighted by molar-refractivity contribution is -0.155. The van der Waals surface area contributed by atoms with Crippen molar-refractivity contribution in [2.75, 3.05) is 0 Å². The van der Waals surface area contributed by atoms with E-state index in [1.165, 1.54) is 22.2 Å². The van der Waals surface area contributed by atoms with Gasteiger partial charge in [-0.3, -0.25) is 14.2 Å². The smallest absolute Gasteiger partial charge is 0.326 e. The van der Waals surface area contributed by atoms with Gasteiger partial charge in [-0.25, -0.2) is 4.98 Å². The summed E-state index contributed by atoms with van der Waals surface area (Å²) in [6.45, 7) is 7.27. The molecule has 25 heavy (non-hydrogen) atoms. The third-order valence-corrected chi connectivity index (χ3v) is 4.55. The van der Waals surface area contributed by atoms with Gasteiger partial charge in [0.15, 0.2) is 0 Å². The molecule has 0 saturated heterocycles. The van der Waals surface area contributed by atoms with Gasteiger partial charge >= 0.3 is 5.97 Å². The number of ether oxygens (including phenoxy) is 1. The summed E-state index contributed by atoms with van der Waals surface area (Å²) in [7, 11) is 0. The first kappa shape index (κ1) is 17.4. The van der Waals surface area contributed by atoms with E-state index >= 15 is 0 Å². The van der Waals surface area contributed by atoms with Crippen LogP contribution in [0.25, 0.3) is 21.3 Å². The molecule has 0 unspecified atom stereocenters. The second-order valence-corrected chi connectivity index (χ2v) is 7.84. The van der Waals surface area contributed by atoms with Crippen molar-refractivity contribution in [2.24, 2.45) is 0 Å². The molecular formula is C19H20N2O3S. The van der Waals surface area contributed by atoms with E-state index in [9.17, 15) is 9.59 Å². The molecule has 130 valence electrons. The highest BCUT2D eigenvalue weighted by Crippen LogP contribution is 2.31. The van der Waals surface area contributed by atoms with E-state index in [1.54, 1.807) is 20.8 Å². The summed E-state index contributed by atoms with van der Waals surface area (Å²) in [5.41, 5.74) is 2.98. The normalized spacial score (nSPS) is 11.7. The first-order valence-corrected chi connectivity index (χ1v) is 8.88. The Labute approximate surface area is 149 Å². The van der Waals surface area contributed by atoms with Crippen LogP contribution in [0.2, 0.25) is 0 Å². The summed E-state index contributed by atoms with van der Waals surface area (Å²) < 4.78 is 7.12. The first-order chi connectivity index (χ1) is 11.7. The highest BCUT2D eigenvalue weighted by Gasteiger charge is 2.18. The Morgan fingerprint density at radius 3 is 2.76 bits per heavy atom. The van der Waals surface area contributed by atoms with Crippen LogP contribution in [0.4, 0.5) is 0 Å². The highest BCUT2D eigenvalue weighted by atomic mass is 32.1. The fourth-order valence-electron chi connectivity index (χ4n) is 2.58. The molecule has 0 atom stereocenters. The first-order valence-electron chi connectivity index (χ1n) is 8.00. The Bertz CT molecular complexity index is 996. The lowest BCUT2D eigenvalue weighted by atomic mass is 10.1. The van der Waals surface area contributed by atoms with Crippen LogP contribution in [-0.4, -0.2) is 21.1 Å². The van der Waals surface area contributed by atoms with Crippen LogP contribution in [-0.2, 0) is 16.1 Å². The van der Waals surface area contributed by atoms with Gasteiger partial charge in [-0.2, -0.15) is 0 Å². The minimum Gasteiger partial charge on any atom is -0.459 e. The number of benzene rings is 1. The summed E-state index contributed by atoms with van der Waals surface area (Å²) >= 11 is 1.35. The van der Waals surface area contributed by atoms with Gasteiger partial charge in [0.05, 0.1) is 11.8 Å². The summed E-state index contributed by atoms with van der Waals surface area (Å²) in [6, 6.07) is 8.08. The number of fused-ring (bicyclic) bond motifs is 1. The Kier molecular flexibility index (Phi) is 4.47. The number of carbonyl (C=O) groups is 1. The Morgan fingerprint density at radius 1 is 1.32 bits per heavy atom. The van der Waals surface area contributed by atoms with Crippen LogP contribution in [0.3, 0.4) is 0 Å². The quantitative estimate of drug-likeness (QED) is 0.670. The molecule has 0 aliphatic heterocycles. The van der Waals surface area contributed by atoms with Crippen molar-refractivity contribution in [1.29, 1.82) is 0 Å². The predicted molar refractivity (Wildman–Crippen MR) is 99.9 cm³/mol. The average molecular weight is 356 g/mol. The molecule has 0 aliphatic carbocycles. The van der Waals surface area contributed by atoms with Crippen molar-refractivity contribution in [3.05, 3.63) is 51.9 Å². The number of nitrogens with zero attached hydrogens (tertiary/aromatic N) is 2. The number of rotatable bonds is 3. The van der Waals surface area contributed by atoms with Gasteiger partial charge in [0.25, 0.3) is 5.56 Å². The fraction of sp³-hybridized carbons (Fsp3) is 0.316. The molecule has 2 aromatic heterocycles. The Balaban J connectivity index is 1.97. The van der Waals surface area contributed by atoms with Crippen molar-refractivity contribution >= 4 is 27.5 Å². The molecule has 0 fully saturated rings. The molecule has 3 rings (SSSR count). The lowest BCUT2D eigenvalue weighted by Crippen LogP contribution is -2.30. The topological polar surface area (TPSA) is 61.2 Å². The number of carbonyl (C=O) groups excluding carboxylic acids is 1. The molecular weight excluding hydrogens is 336 g/mol. The molecule has 0 aliphatic rings. The minimum absolute atomic E-state index is 0.142. The minimum atomic E-state index is -0.584. The predicted octanol–water partition coefficient (Wildman–Crippen LogP) is 3.78. The van der Waals surface area contributed by atoms with Crippen LogP contribution in [0.15, 0.2) is 40.8 Å². The van der Waals surface area contributed by atoms with Crippen molar-refractivity contribution in [2.45, 2.75) is 39.8 Å². The molecule has 0 bridgehead atoms. The second kappa shape index (κ2) is 6.44. The monoisotopic (exact) mass is 356 g/mol. The van der Waals surface area contributed by atoms with E-state index in [2.05, 4.69) is 11.1 Å². The number of hydrogen-bond acceptors (Lipinski definition) is 5. The van der Waals surface area contributed by atoms with Crippen molar-refractivity contribution < 1.29 is 9.53 Å². The SMILES string of the molecule is Cc1cccc(-c2csc3c(=O)n(CC(=O)OC(C)(C)C)cnc23)c1. The number of thiophene rings is 1. The maximum absolute atomic E-state index is 12.7. The molecule has 3 aromatic rings. The van der Waals surface area contributed by atoms with Gasteiger partial charge in [0.1, 0.15) is 16.8 Å². The van der Waals surface area contributed by atoms with Gasteiger partial charge in [-0.15, -0.1) is 11.3 Å². The van der Waals surface area contributed by atoms with E-state index in [4.69, 9.17) is 4.74 Å². The van der Waals surface area contributed by atoms with E-state index in [1.807, 2.05) is 30.5 Å². The molecule has 0 radical (unpaired) electrons. The zero-order valence-corrected chi connectivity index (χ0v) is 15.5. The van der Waals surface area contributed by atoms with Gasteiger partial charge in [-0.1, -0.05) is 29.8 Å². The van der Waals surface area contributed by atoms with Crippen LogP contribution in [0.5, 0.6) is 0 Å². The molecule has 0 amide bonds. The third kappa shape index (κ3) is 3.79. The van der Waals surface area contributed by atoms with E-state index < -0.39 is 11.6 Å². The second-order valence-electron chi connectivity index (χ2n) is 6.96. The molecule has 5 nitrogen and oxygen atoms in total. The Hall–Kier alpha value is -2.47. The lowest BCUT2D eigenvalue weighted by Gasteiger charge is -2.19. The van der Waals surface area contributed by atoms with Crippen molar-refractivity contribution in [1.82, 2.24) is 9.55 Å². The number of aromatic nitrogens is 2. The standard InChI is InChI=1S/C19H20N2O3S/c1-12-6-5-7-13(8-12)14-10-25-17-16(14)20-11-21(18(17)23)9-15(22)24-19(2,3)4/h5-8,10-11H,9H2,1-4H3. The van der Waals surface area contributed by atoms with Crippen molar-refractivity contribution in [3.63, 3.8) is 0 Å².